The molecule has 1 aliphatic heterocycles. The van der Waals surface area contributed by atoms with Gasteiger partial charge in [-0.05, 0) is 18.8 Å². The van der Waals surface area contributed by atoms with Gasteiger partial charge in [-0.1, -0.05) is 13.8 Å². The highest BCUT2D eigenvalue weighted by Crippen LogP contribution is 2.06. The van der Waals surface area contributed by atoms with Crippen LogP contribution in [-0.4, -0.2) is 98.9 Å². The number of carbonyl (C=O) groups excluding carboxylic acids is 7. The van der Waals surface area contributed by atoms with Crippen LogP contribution in [-0.2, 0) is 33.5 Å². The van der Waals surface area contributed by atoms with Crippen LogP contribution in [0.1, 0.15) is 33.1 Å². The second kappa shape index (κ2) is 16.1. The summed E-state index contributed by atoms with van der Waals surface area (Å²) in [4.78, 5) is 83.5. The average molecular weight is 520 g/mol. The van der Waals surface area contributed by atoms with E-state index < -0.39 is 59.9 Å². The lowest BCUT2D eigenvalue weighted by atomic mass is 10.0. The van der Waals surface area contributed by atoms with Crippen LogP contribution in [0.25, 0.3) is 0 Å². The Labute approximate surface area is 215 Å². The zero-order valence-corrected chi connectivity index (χ0v) is 20.9. The number of rotatable bonds is 17. The van der Waals surface area contributed by atoms with E-state index in [1.165, 1.54) is 0 Å². The summed E-state index contributed by atoms with van der Waals surface area (Å²) in [7, 11) is 5.05. The third-order valence-electron chi connectivity index (χ3n) is 5.14. The standard InChI is InChI=1S/C22H33BN6O8/c1-13(2)19(28-16(31)7-10-37-11-9-29-17(32)5-6-18(29)33)21(35)27-14(4-3-8-25-22(24)36)20(34)26-12-15(23)30/h5-6,13-14,19H,3-4,7-12H2,1-2H3,(H,26,34)(H,27,35)(H,28,31)(H3,24,25,36)/t14-,19?/m0/s1. The molecule has 2 radical (unpaired) electrons. The molecule has 1 unspecified atom stereocenters. The van der Waals surface area contributed by atoms with Crippen molar-refractivity contribution in [3.05, 3.63) is 12.2 Å². The molecule has 0 aromatic heterocycles. The molecule has 202 valence electrons. The zero-order valence-electron chi connectivity index (χ0n) is 20.9. The number of nitrogens with one attached hydrogen (secondary N) is 4. The van der Waals surface area contributed by atoms with Crippen molar-refractivity contribution in [3.8, 4) is 0 Å². The van der Waals surface area contributed by atoms with E-state index in [4.69, 9.17) is 18.3 Å². The van der Waals surface area contributed by atoms with Crippen molar-refractivity contribution in [1.29, 1.82) is 0 Å². The molecular weight excluding hydrogens is 487 g/mol. The van der Waals surface area contributed by atoms with Crippen LogP contribution in [0.3, 0.4) is 0 Å². The monoisotopic (exact) mass is 520 g/mol. The molecule has 0 fully saturated rings. The van der Waals surface area contributed by atoms with E-state index in [-0.39, 0.29) is 45.1 Å². The van der Waals surface area contributed by atoms with Crippen molar-refractivity contribution >= 4 is 49.1 Å². The molecule has 0 spiro atoms. The topological polar surface area (TPSA) is 206 Å². The number of hydrogen-bond donors (Lipinski definition) is 5. The maximum absolute atomic E-state index is 12.9. The predicted octanol–water partition coefficient (Wildman–Crippen LogP) is -2.80. The van der Waals surface area contributed by atoms with Crippen molar-refractivity contribution in [1.82, 2.24) is 26.2 Å². The van der Waals surface area contributed by atoms with Crippen LogP contribution in [0.15, 0.2) is 12.2 Å². The van der Waals surface area contributed by atoms with E-state index in [1.54, 1.807) is 13.8 Å². The van der Waals surface area contributed by atoms with Gasteiger partial charge in [0, 0.05) is 25.1 Å². The lowest BCUT2D eigenvalue weighted by Gasteiger charge is -2.25. The molecule has 0 bridgehead atoms. The van der Waals surface area contributed by atoms with Gasteiger partial charge in [0.15, 0.2) is 7.85 Å². The Morgan fingerprint density at radius 1 is 1.00 bits per heavy atom. The van der Waals surface area contributed by atoms with Crippen LogP contribution < -0.4 is 27.0 Å². The first kappa shape index (κ1) is 31.3. The normalized spacial score (nSPS) is 14.3. The summed E-state index contributed by atoms with van der Waals surface area (Å²) in [6.07, 6.45) is 2.64. The Hall–Kier alpha value is -3.75. The van der Waals surface area contributed by atoms with E-state index >= 15 is 0 Å². The lowest BCUT2D eigenvalue weighted by Crippen LogP contribution is -2.55. The highest BCUT2D eigenvalue weighted by molar-refractivity contribution is 6.58. The van der Waals surface area contributed by atoms with Gasteiger partial charge in [-0.3, -0.25) is 28.9 Å². The molecule has 1 aliphatic rings. The molecule has 1 heterocycles. The van der Waals surface area contributed by atoms with Crippen LogP contribution in [0, 0.1) is 5.92 Å². The van der Waals surface area contributed by atoms with Gasteiger partial charge >= 0.3 is 6.03 Å². The van der Waals surface area contributed by atoms with Crippen LogP contribution >= 0.6 is 0 Å². The molecule has 37 heavy (non-hydrogen) atoms. The molecule has 0 aromatic carbocycles. The van der Waals surface area contributed by atoms with Crippen molar-refractivity contribution in [2.45, 2.75) is 45.2 Å². The SMILES string of the molecule is [B]C(=O)CNC(=O)[C@H](CCCNC(N)=O)NC(=O)C(NC(=O)CCOCCN1C(=O)C=CC1=O)C(C)C. The number of primary amides is 1. The number of nitrogens with two attached hydrogens (primary N) is 1. The molecule has 7 amide bonds. The van der Waals surface area contributed by atoms with Gasteiger partial charge in [0.25, 0.3) is 11.8 Å². The van der Waals surface area contributed by atoms with Gasteiger partial charge in [0.05, 0.1) is 32.0 Å². The molecule has 15 heteroatoms. The van der Waals surface area contributed by atoms with Gasteiger partial charge in [-0.15, -0.1) is 0 Å². The number of imide groups is 1. The Kier molecular flexibility index (Phi) is 13.6. The van der Waals surface area contributed by atoms with Gasteiger partial charge in [0.2, 0.25) is 17.7 Å². The fourth-order valence-corrected chi connectivity index (χ4v) is 3.20. The van der Waals surface area contributed by atoms with Crippen molar-refractivity contribution in [2.24, 2.45) is 11.7 Å². The summed E-state index contributed by atoms with van der Waals surface area (Å²) >= 11 is 0. The minimum atomic E-state index is -1.06. The number of carbonyl (C=O) groups is 7. The average Bonchev–Trinajstić information content (AvgIpc) is 3.14. The summed E-state index contributed by atoms with van der Waals surface area (Å²) in [5.74, 6) is -2.95. The third-order valence-corrected chi connectivity index (χ3v) is 5.14. The van der Waals surface area contributed by atoms with Crippen LogP contribution in [0.2, 0.25) is 0 Å². The second-order valence-electron chi connectivity index (χ2n) is 8.49. The van der Waals surface area contributed by atoms with Crippen LogP contribution in [0.5, 0.6) is 0 Å². The van der Waals surface area contributed by atoms with E-state index in [0.29, 0.717) is 6.42 Å². The molecule has 6 N–H and O–H groups in total. The minimum absolute atomic E-state index is 0.00702. The molecule has 0 saturated carbocycles. The van der Waals surface area contributed by atoms with Crippen molar-refractivity contribution < 1.29 is 38.3 Å². The van der Waals surface area contributed by atoms with Gasteiger partial charge in [-0.25, -0.2) is 4.79 Å². The first-order valence-corrected chi connectivity index (χ1v) is 11.7. The van der Waals surface area contributed by atoms with Gasteiger partial charge < -0.3 is 36.5 Å². The minimum Gasteiger partial charge on any atom is -0.379 e. The van der Waals surface area contributed by atoms with Crippen molar-refractivity contribution in [3.63, 3.8) is 0 Å². The summed E-state index contributed by atoms with van der Waals surface area (Å²) < 4.78 is 5.31. The van der Waals surface area contributed by atoms with Crippen LogP contribution in [0.4, 0.5) is 4.79 Å². The fraction of sp³-hybridized carbons (Fsp3) is 0.591. The maximum Gasteiger partial charge on any atom is 0.312 e. The smallest absolute Gasteiger partial charge is 0.312 e. The number of ether oxygens (including phenoxy) is 1. The molecule has 0 aromatic rings. The number of urea groups is 1. The molecular formula is C22H33BN6O8. The second-order valence-corrected chi connectivity index (χ2v) is 8.49. The van der Waals surface area contributed by atoms with E-state index in [1.807, 2.05) is 0 Å². The zero-order chi connectivity index (χ0) is 28.0. The largest absolute Gasteiger partial charge is 0.379 e. The highest BCUT2D eigenvalue weighted by atomic mass is 16.5. The Morgan fingerprint density at radius 3 is 2.22 bits per heavy atom. The number of hydrogen-bond acceptors (Lipinski definition) is 8. The van der Waals surface area contributed by atoms with E-state index in [9.17, 15) is 33.6 Å². The summed E-state index contributed by atoms with van der Waals surface area (Å²) in [5.41, 5.74) is 4.24. The molecule has 0 aliphatic carbocycles. The highest BCUT2D eigenvalue weighted by Gasteiger charge is 2.29. The van der Waals surface area contributed by atoms with E-state index in [0.717, 1.165) is 17.1 Å². The number of nitrogens with zero attached hydrogens (tertiary/aromatic N) is 1. The quantitative estimate of drug-likeness (QED) is 0.0768. The predicted molar refractivity (Wildman–Crippen MR) is 131 cm³/mol. The van der Waals surface area contributed by atoms with E-state index in [2.05, 4.69) is 21.3 Å². The van der Waals surface area contributed by atoms with Crippen molar-refractivity contribution in [2.75, 3.05) is 32.8 Å². The Balaban J connectivity index is 2.58. The molecule has 1 rings (SSSR count). The van der Waals surface area contributed by atoms with Gasteiger partial charge in [-0.2, -0.15) is 0 Å². The first-order chi connectivity index (χ1) is 17.4. The fourth-order valence-electron chi connectivity index (χ4n) is 3.20. The molecule has 2 atom stereocenters. The number of amides is 7. The summed E-state index contributed by atoms with van der Waals surface area (Å²) in [5, 5.41) is 9.85. The molecule has 0 saturated heterocycles. The summed E-state index contributed by atoms with van der Waals surface area (Å²) in [6, 6.07) is -2.78. The maximum atomic E-state index is 12.9. The first-order valence-electron chi connectivity index (χ1n) is 11.7. The Bertz CT molecular complexity index is 892. The lowest BCUT2D eigenvalue weighted by molar-refractivity contribution is -0.138. The molecule has 14 nitrogen and oxygen atoms in total. The third kappa shape index (κ3) is 12.2. The summed E-state index contributed by atoms with van der Waals surface area (Å²) in [6.45, 7) is 3.24. The Morgan fingerprint density at radius 2 is 1.65 bits per heavy atom. The van der Waals surface area contributed by atoms with Gasteiger partial charge in [0.1, 0.15) is 12.1 Å².